The maximum absolute atomic E-state index is 12.3. The van der Waals surface area contributed by atoms with Crippen LogP contribution in [0, 0.1) is 13.8 Å². The van der Waals surface area contributed by atoms with E-state index in [9.17, 15) is 13.2 Å². The number of carbonyl (C=O) groups excluding carboxylic acids is 1. The summed E-state index contributed by atoms with van der Waals surface area (Å²) in [5.41, 5.74) is 2.04. The molecule has 1 aliphatic rings. The van der Waals surface area contributed by atoms with Crippen LogP contribution < -0.4 is 0 Å². The third-order valence-corrected chi connectivity index (χ3v) is 5.64. The zero-order valence-electron chi connectivity index (χ0n) is 10.1. The fourth-order valence-electron chi connectivity index (χ4n) is 2.13. The molecular weight excluding hydrogens is 236 g/mol. The normalized spacial score (nSPS) is 20.8. The smallest absolute Gasteiger partial charge is 0.181 e. The molecule has 0 aliphatic heterocycles. The van der Waals surface area contributed by atoms with Crippen LogP contribution in [0.1, 0.15) is 30.4 Å². The van der Waals surface area contributed by atoms with Gasteiger partial charge in [0.05, 0.1) is 10.1 Å². The quantitative estimate of drug-likeness (QED) is 0.810. The van der Waals surface area contributed by atoms with Crippen molar-refractivity contribution >= 4 is 15.6 Å². The first-order chi connectivity index (χ1) is 7.91. The predicted molar refractivity (Wildman–Crippen MR) is 65.7 cm³/mol. The molecule has 0 aromatic heterocycles. The average molecular weight is 252 g/mol. The van der Waals surface area contributed by atoms with Crippen molar-refractivity contribution in [1.29, 1.82) is 0 Å². The van der Waals surface area contributed by atoms with Gasteiger partial charge < -0.3 is 0 Å². The van der Waals surface area contributed by atoms with Crippen LogP contribution in [0.4, 0.5) is 0 Å². The monoisotopic (exact) mass is 252 g/mol. The molecular formula is C13H16O3S. The molecule has 1 aromatic rings. The molecule has 0 bridgehead atoms. The van der Waals surface area contributed by atoms with E-state index >= 15 is 0 Å². The zero-order valence-corrected chi connectivity index (χ0v) is 10.9. The highest BCUT2D eigenvalue weighted by molar-refractivity contribution is 7.92. The van der Waals surface area contributed by atoms with Crippen molar-refractivity contribution in [2.75, 3.05) is 0 Å². The molecule has 2 rings (SSSR count). The van der Waals surface area contributed by atoms with Crippen molar-refractivity contribution in [3.8, 4) is 0 Å². The first-order valence-electron chi connectivity index (χ1n) is 5.74. The number of Topliss-reactive ketones (excluding diaryl/α,β-unsaturated/α-hetero) is 1. The second kappa shape index (κ2) is 4.26. The van der Waals surface area contributed by atoms with Gasteiger partial charge in [0.15, 0.2) is 9.84 Å². The van der Waals surface area contributed by atoms with Crippen LogP contribution in [0.25, 0.3) is 0 Å². The van der Waals surface area contributed by atoms with Gasteiger partial charge in [-0.3, -0.25) is 4.79 Å². The maximum atomic E-state index is 12.3. The SMILES string of the molecule is Cc1ccc(S(=O)(=O)C2CCC(=O)C2)cc1C. The highest BCUT2D eigenvalue weighted by atomic mass is 32.2. The number of hydrogen-bond donors (Lipinski definition) is 0. The fourth-order valence-corrected chi connectivity index (χ4v) is 3.95. The van der Waals surface area contributed by atoms with E-state index in [0.29, 0.717) is 17.7 Å². The Morgan fingerprint density at radius 3 is 2.41 bits per heavy atom. The van der Waals surface area contributed by atoms with Crippen molar-refractivity contribution in [2.24, 2.45) is 0 Å². The number of ketones is 1. The summed E-state index contributed by atoms with van der Waals surface area (Å²) >= 11 is 0. The molecule has 3 nitrogen and oxygen atoms in total. The second-order valence-corrected chi connectivity index (χ2v) is 6.92. The van der Waals surface area contributed by atoms with Gasteiger partial charge in [-0.05, 0) is 43.5 Å². The molecule has 1 atom stereocenters. The van der Waals surface area contributed by atoms with E-state index < -0.39 is 15.1 Å². The standard InChI is InChI=1S/C13H16O3S/c1-9-3-5-12(7-10(9)2)17(15,16)13-6-4-11(14)8-13/h3,5,7,13H,4,6,8H2,1-2H3. The van der Waals surface area contributed by atoms with Gasteiger partial charge in [0.2, 0.25) is 0 Å². The number of benzene rings is 1. The highest BCUT2D eigenvalue weighted by Crippen LogP contribution is 2.28. The van der Waals surface area contributed by atoms with Crippen LogP contribution in [0.15, 0.2) is 23.1 Å². The van der Waals surface area contributed by atoms with Crippen LogP contribution in [-0.2, 0) is 14.6 Å². The minimum atomic E-state index is -3.33. The van der Waals surface area contributed by atoms with Gasteiger partial charge in [-0.2, -0.15) is 0 Å². The molecule has 1 aliphatic carbocycles. The molecule has 0 heterocycles. The molecule has 17 heavy (non-hydrogen) atoms. The van der Waals surface area contributed by atoms with E-state index in [1.54, 1.807) is 12.1 Å². The zero-order chi connectivity index (χ0) is 12.6. The summed E-state index contributed by atoms with van der Waals surface area (Å²) in [6.45, 7) is 3.85. The molecule has 1 aromatic carbocycles. The van der Waals surface area contributed by atoms with E-state index in [0.717, 1.165) is 11.1 Å². The van der Waals surface area contributed by atoms with Gasteiger partial charge >= 0.3 is 0 Å². The molecule has 1 fully saturated rings. The number of hydrogen-bond acceptors (Lipinski definition) is 3. The Hall–Kier alpha value is -1.16. The molecule has 0 N–H and O–H groups in total. The molecule has 0 spiro atoms. The Bertz CT molecular complexity index is 558. The van der Waals surface area contributed by atoms with Gasteiger partial charge in [-0.25, -0.2) is 8.42 Å². The number of sulfone groups is 1. The summed E-state index contributed by atoms with van der Waals surface area (Å²) in [5.74, 6) is 0.0578. The van der Waals surface area contributed by atoms with Crippen LogP contribution in [-0.4, -0.2) is 19.5 Å². The first-order valence-corrected chi connectivity index (χ1v) is 7.29. The summed E-state index contributed by atoms with van der Waals surface area (Å²) in [4.78, 5) is 11.5. The first kappa shape index (κ1) is 12.3. The van der Waals surface area contributed by atoms with Crippen LogP contribution in [0.3, 0.4) is 0 Å². The largest absolute Gasteiger partial charge is 0.300 e. The molecule has 92 valence electrons. The summed E-state index contributed by atoms with van der Waals surface area (Å²) in [6.07, 6.45) is 1.04. The lowest BCUT2D eigenvalue weighted by atomic mass is 10.1. The Morgan fingerprint density at radius 1 is 1.18 bits per heavy atom. The molecule has 0 radical (unpaired) electrons. The van der Waals surface area contributed by atoms with E-state index in [1.807, 2.05) is 19.9 Å². The summed E-state index contributed by atoms with van der Waals surface area (Å²) in [6, 6.07) is 5.16. The lowest BCUT2D eigenvalue weighted by molar-refractivity contribution is -0.117. The number of aryl methyl sites for hydroxylation is 2. The van der Waals surface area contributed by atoms with Gasteiger partial charge in [0, 0.05) is 12.8 Å². The minimum Gasteiger partial charge on any atom is -0.300 e. The summed E-state index contributed by atoms with van der Waals surface area (Å²) in [5, 5.41) is -0.517. The summed E-state index contributed by atoms with van der Waals surface area (Å²) in [7, 11) is -3.33. The molecule has 0 amide bonds. The van der Waals surface area contributed by atoms with Crippen LogP contribution in [0.2, 0.25) is 0 Å². The van der Waals surface area contributed by atoms with E-state index in [4.69, 9.17) is 0 Å². The lowest BCUT2D eigenvalue weighted by Gasteiger charge is -2.11. The summed E-state index contributed by atoms with van der Waals surface area (Å²) < 4.78 is 24.6. The molecule has 1 saturated carbocycles. The van der Waals surface area contributed by atoms with Gasteiger partial charge in [-0.1, -0.05) is 6.07 Å². The number of rotatable bonds is 2. The van der Waals surface area contributed by atoms with Crippen LogP contribution >= 0.6 is 0 Å². The predicted octanol–water partition coefficient (Wildman–Crippen LogP) is 2.20. The van der Waals surface area contributed by atoms with Crippen molar-refractivity contribution in [2.45, 2.75) is 43.3 Å². The van der Waals surface area contributed by atoms with Crippen LogP contribution in [0.5, 0.6) is 0 Å². The third-order valence-electron chi connectivity index (χ3n) is 3.45. The van der Waals surface area contributed by atoms with Crippen molar-refractivity contribution < 1.29 is 13.2 Å². The Morgan fingerprint density at radius 2 is 1.88 bits per heavy atom. The van der Waals surface area contributed by atoms with Crippen molar-refractivity contribution in [3.63, 3.8) is 0 Å². The molecule has 4 heteroatoms. The highest BCUT2D eigenvalue weighted by Gasteiger charge is 2.34. The average Bonchev–Trinajstić information content (AvgIpc) is 2.69. The van der Waals surface area contributed by atoms with E-state index in [2.05, 4.69) is 0 Å². The third kappa shape index (κ3) is 2.27. The molecule has 1 unspecified atom stereocenters. The Balaban J connectivity index is 2.38. The van der Waals surface area contributed by atoms with Gasteiger partial charge in [-0.15, -0.1) is 0 Å². The second-order valence-electron chi connectivity index (χ2n) is 4.69. The van der Waals surface area contributed by atoms with E-state index in [1.165, 1.54) is 0 Å². The topological polar surface area (TPSA) is 51.2 Å². The maximum Gasteiger partial charge on any atom is 0.181 e. The van der Waals surface area contributed by atoms with Gasteiger partial charge in [0.1, 0.15) is 5.78 Å². The minimum absolute atomic E-state index is 0.0578. The number of carbonyl (C=O) groups is 1. The molecule has 0 saturated heterocycles. The van der Waals surface area contributed by atoms with Crippen molar-refractivity contribution in [1.82, 2.24) is 0 Å². The van der Waals surface area contributed by atoms with Crippen molar-refractivity contribution in [3.05, 3.63) is 29.3 Å². The van der Waals surface area contributed by atoms with Gasteiger partial charge in [0.25, 0.3) is 0 Å². The Kier molecular flexibility index (Phi) is 3.08. The fraction of sp³-hybridized carbons (Fsp3) is 0.462. The Labute approximate surface area is 102 Å². The van der Waals surface area contributed by atoms with E-state index in [-0.39, 0.29) is 12.2 Å². The lowest BCUT2D eigenvalue weighted by Crippen LogP contribution is -2.18.